The minimum Gasteiger partial charge on any atom is -0.363 e. The van der Waals surface area contributed by atoms with Gasteiger partial charge in [-0.3, -0.25) is 9.89 Å². The number of carbonyl (C=O) groups is 1. The SMILES string of the molecule is CC1(C)CC(=O)C2=C(C1)N1CCc3ccccc3C1c1cn[nH]c12. The molecule has 1 atom stereocenters. The van der Waals surface area contributed by atoms with Gasteiger partial charge in [-0.25, -0.2) is 0 Å². The Hall–Kier alpha value is -2.36. The minimum atomic E-state index is 0.0228. The van der Waals surface area contributed by atoms with E-state index in [4.69, 9.17) is 0 Å². The summed E-state index contributed by atoms with van der Waals surface area (Å²) in [6, 6.07) is 8.87. The molecule has 3 heterocycles. The number of H-pyrrole nitrogens is 1. The lowest BCUT2D eigenvalue weighted by atomic mass is 9.71. The number of hydrogen-bond donors (Lipinski definition) is 1. The molecule has 1 unspecified atom stereocenters. The molecule has 5 rings (SSSR count). The van der Waals surface area contributed by atoms with E-state index in [-0.39, 0.29) is 17.2 Å². The second kappa shape index (κ2) is 4.59. The van der Waals surface area contributed by atoms with Crippen LogP contribution >= 0.6 is 0 Å². The molecule has 0 fully saturated rings. The van der Waals surface area contributed by atoms with Crippen molar-refractivity contribution in [3.05, 3.63) is 58.5 Å². The van der Waals surface area contributed by atoms with Crippen LogP contribution in [-0.2, 0) is 11.2 Å². The molecule has 3 aliphatic rings. The van der Waals surface area contributed by atoms with Crippen LogP contribution in [0.5, 0.6) is 0 Å². The first-order valence-corrected chi connectivity index (χ1v) is 8.70. The fourth-order valence-corrected chi connectivity index (χ4v) is 4.71. The molecule has 24 heavy (non-hydrogen) atoms. The van der Waals surface area contributed by atoms with Crippen molar-refractivity contribution in [1.29, 1.82) is 0 Å². The monoisotopic (exact) mass is 319 g/mol. The first-order chi connectivity index (χ1) is 11.6. The second-order valence-electron chi connectivity index (χ2n) is 8.01. The topological polar surface area (TPSA) is 49.0 Å². The van der Waals surface area contributed by atoms with Gasteiger partial charge >= 0.3 is 0 Å². The van der Waals surface area contributed by atoms with E-state index in [1.807, 2.05) is 6.20 Å². The van der Waals surface area contributed by atoms with Gasteiger partial charge in [-0.15, -0.1) is 0 Å². The molecule has 2 aliphatic heterocycles. The molecule has 4 nitrogen and oxygen atoms in total. The number of nitrogens with one attached hydrogen (secondary N) is 1. The fraction of sp³-hybridized carbons (Fsp3) is 0.400. The van der Waals surface area contributed by atoms with Gasteiger partial charge in [-0.2, -0.15) is 5.10 Å². The minimum absolute atomic E-state index is 0.0228. The maximum atomic E-state index is 12.9. The van der Waals surface area contributed by atoms with Crippen LogP contribution in [0.25, 0.3) is 5.57 Å². The summed E-state index contributed by atoms with van der Waals surface area (Å²) in [4.78, 5) is 15.4. The molecule has 122 valence electrons. The summed E-state index contributed by atoms with van der Waals surface area (Å²) in [5.41, 5.74) is 6.99. The Labute approximate surface area is 141 Å². The summed E-state index contributed by atoms with van der Waals surface area (Å²) in [6.45, 7) is 5.36. The number of aromatic amines is 1. The molecular weight excluding hydrogens is 298 g/mol. The summed E-state index contributed by atoms with van der Waals surface area (Å²) >= 11 is 0. The maximum Gasteiger partial charge on any atom is 0.167 e. The van der Waals surface area contributed by atoms with Gasteiger partial charge in [0.15, 0.2) is 5.78 Å². The molecule has 0 bridgehead atoms. The van der Waals surface area contributed by atoms with Crippen molar-refractivity contribution in [2.75, 3.05) is 6.54 Å². The molecule has 0 saturated carbocycles. The summed E-state index contributed by atoms with van der Waals surface area (Å²) in [6.07, 6.45) is 4.50. The third-order valence-electron chi connectivity index (χ3n) is 5.70. The zero-order valence-corrected chi connectivity index (χ0v) is 14.1. The molecule has 0 radical (unpaired) electrons. The first kappa shape index (κ1) is 14.0. The fourth-order valence-electron chi connectivity index (χ4n) is 4.71. The van der Waals surface area contributed by atoms with E-state index in [1.165, 1.54) is 16.8 Å². The molecular formula is C20H21N3O. The normalized spacial score (nSPS) is 24.2. The smallest absolute Gasteiger partial charge is 0.167 e. The van der Waals surface area contributed by atoms with Gasteiger partial charge < -0.3 is 4.90 Å². The molecule has 0 spiro atoms. The van der Waals surface area contributed by atoms with Crippen LogP contribution in [-0.4, -0.2) is 27.4 Å². The van der Waals surface area contributed by atoms with Gasteiger partial charge in [-0.1, -0.05) is 38.1 Å². The Morgan fingerprint density at radius 1 is 1.21 bits per heavy atom. The van der Waals surface area contributed by atoms with E-state index in [9.17, 15) is 4.79 Å². The van der Waals surface area contributed by atoms with Gasteiger partial charge in [0.25, 0.3) is 0 Å². The Kier molecular flexibility index (Phi) is 2.68. The van der Waals surface area contributed by atoms with E-state index in [0.717, 1.165) is 36.2 Å². The largest absolute Gasteiger partial charge is 0.363 e. The standard InChI is InChI=1S/C20H21N3O/c1-20(2)9-15-17(16(24)10-20)18-14(11-21-22-18)19-13-6-4-3-5-12(13)7-8-23(15)19/h3-6,11,19H,7-10H2,1-2H3,(H,21,22). The summed E-state index contributed by atoms with van der Waals surface area (Å²) < 4.78 is 0. The van der Waals surface area contributed by atoms with Gasteiger partial charge in [0.1, 0.15) is 0 Å². The lowest BCUT2D eigenvalue weighted by molar-refractivity contribution is -0.116. The third kappa shape index (κ3) is 1.80. The Balaban J connectivity index is 1.76. The zero-order chi connectivity index (χ0) is 16.5. The Morgan fingerprint density at radius 2 is 2.04 bits per heavy atom. The predicted octanol–water partition coefficient (Wildman–Crippen LogP) is 3.47. The summed E-state index contributed by atoms with van der Waals surface area (Å²) in [5.74, 6) is 0.254. The van der Waals surface area contributed by atoms with Crippen molar-refractivity contribution in [3.8, 4) is 0 Å². The highest BCUT2D eigenvalue weighted by Gasteiger charge is 2.44. The van der Waals surface area contributed by atoms with E-state index in [2.05, 4.69) is 53.2 Å². The molecule has 4 heteroatoms. The summed E-state index contributed by atoms with van der Waals surface area (Å²) in [5, 5.41) is 7.41. The van der Waals surface area contributed by atoms with Gasteiger partial charge in [0.2, 0.25) is 0 Å². The molecule has 0 saturated heterocycles. The molecule has 1 aliphatic carbocycles. The number of allylic oxidation sites excluding steroid dienone is 2. The predicted molar refractivity (Wildman–Crippen MR) is 92.2 cm³/mol. The van der Waals surface area contributed by atoms with E-state index in [1.54, 1.807) is 0 Å². The number of benzene rings is 1. The van der Waals surface area contributed by atoms with Crippen molar-refractivity contribution in [2.45, 2.75) is 39.2 Å². The van der Waals surface area contributed by atoms with Crippen molar-refractivity contribution in [3.63, 3.8) is 0 Å². The first-order valence-electron chi connectivity index (χ1n) is 8.70. The van der Waals surface area contributed by atoms with Crippen LogP contribution in [0.4, 0.5) is 0 Å². The highest BCUT2D eigenvalue weighted by atomic mass is 16.1. The van der Waals surface area contributed by atoms with Crippen LogP contribution in [0.2, 0.25) is 0 Å². The van der Waals surface area contributed by atoms with Gasteiger partial charge in [-0.05, 0) is 29.4 Å². The molecule has 2 aromatic rings. The third-order valence-corrected chi connectivity index (χ3v) is 5.70. The number of nitrogens with zero attached hydrogens (tertiary/aromatic N) is 2. The number of aromatic nitrogens is 2. The van der Waals surface area contributed by atoms with Crippen molar-refractivity contribution < 1.29 is 4.79 Å². The molecule has 1 N–H and O–H groups in total. The number of carbonyl (C=O) groups excluding carboxylic acids is 1. The van der Waals surface area contributed by atoms with Crippen LogP contribution in [0.3, 0.4) is 0 Å². The Morgan fingerprint density at radius 3 is 2.92 bits per heavy atom. The highest BCUT2D eigenvalue weighted by Crippen LogP contribution is 2.51. The average molecular weight is 319 g/mol. The number of fused-ring (bicyclic) bond motifs is 7. The van der Waals surface area contributed by atoms with E-state index in [0.29, 0.717) is 6.42 Å². The van der Waals surface area contributed by atoms with Gasteiger partial charge in [0.05, 0.1) is 23.5 Å². The van der Waals surface area contributed by atoms with E-state index < -0.39 is 0 Å². The van der Waals surface area contributed by atoms with Crippen LogP contribution < -0.4 is 0 Å². The number of ketones is 1. The maximum absolute atomic E-state index is 12.9. The molecule has 0 amide bonds. The van der Waals surface area contributed by atoms with Crippen LogP contribution in [0.1, 0.15) is 55.1 Å². The van der Waals surface area contributed by atoms with Gasteiger partial charge in [0, 0.05) is 24.2 Å². The highest BCUT2D eigenvalue weighted by molar-refractivity contribution is 6.22. The lowest BCUT2D eigenvalue weighted by Crippen LogP contribution is -2.43. The molecule has 1 aromatic heterocycles. The average Bonchev–Trinajstić information content (AvgIpc) is 3.02. The molecule has 1 aromatic carbocycles. The van der Waals surface area contributed by atoms with E-state index >= 15 is 0 Å². The number of Topliss-reactive ketones (excluding diaryl/α,β-unsaturated/α-hetero) is 1. The van der Waals surface area contributed by atoms with Crippen LogP contribution in [0.15, 0.2) is 36.2 Å². The Bertz CT molecular complexity index is 890. The van der Waals surface area contributed by atoms with Crippen LogP contribution in [0, 0.1) is 5.41 Å². The second-order valence-corrected chi connectivity index (χ2v) is 8.01. The van der Waals surface area contributed by atoms with Crippen molar-refractivity contribution >= 4 is 11.4 Å². The van der Waals surface area contributed by atoms with Crippen molar-refractivity contribution in [1.82, 2.24) is 15.1 Å². The zero-order valence-electron chi connectivity index (χ0n) is 14.1. The summed E-state index contributed by atoms with van der Waals surface area (Å²) in [7, 11) is 0. The number of hydrogen-bond acceptors (Lipinski definition) is 3. The lowest BCUT2D eigenvalue weighted by Gasteiger charge is -2.47. The quantitative estimate of drug-likeness (QED) is 0.809. The number of rotatable bonds is 0. The van der Waals surface area contributed by atoms with Crippen molar-refractivity contribution in [2.24, 2.45) is 5.41 Å².